The van der Waals surface area contributed by atoms with Gasteiger partial charge in [0.2, 0.25) is 5.91 Å². The maximum absolute atomic E-state index is 12.7. The van der Waals surface area contributed by atoms with Crippen LogP contribution < -0.4 is 4.90 Å². The fraction of sp³-hybridized carbons (Fsp3) is 0.312. The van der Waals surface area contributed by atoms with E-state index in [0.717, 1.165) is 39.7 Å². The minimum atomic E-state index is -3.74. The molecule has 0 fully saturated rings. The van der Waals surface area contributed by atoms with E-state index in [-0.39, 0.29) is 16.7 Å². The quantitative estimate of drug-likeness (QED) is 0.760. The summed E-state index contributed by atoms with van der Waals surface area (Å²) >= 11 is 12.8. The molecule has 2 heterocycles. The summed E-state index contributed by atoms with van der Waals surface area (Å²) in [7, 11) is -2.34. The van der Waals surface area contributed by atoms with Crippen LogP contribution in [0.25, 0.3) is 0 Å². The number of thiophene rings is 1. The average Bonchev–Trinajstić information content (AvgIpc) is 3.01. The molecule has 1 aromatic carbocycles. The molecular weight excluding hydrogens is 403 g/mol. The number of aryl methyl sites for hydroxylation is 1. The number of amides is 1. The second-order valence-electron chi connectivity index (χ2n) is 5.74. The highest BCUT2D eigenvalue weighted by molar-refractivity contribution is 7.91. The number of benzene rings is 1. The zero-order valence-corrected chi connectivity index (χ0v) is 16.6. The number of nitrogens with zero attached hydrogens (tertiary/aromatic N) is 2. The van der Waals surface area contributed by atoms with Crippen molar-refractivity contribution in [3.63, 3.8) is 0 Å². The van der Waals surface area contributed by atoms with Gasteiger partial charge in [-0.25, -0.2) is 8.42 Å². The summed E-state index contributed by atoms with van der Waals surface area (Å²) < 4.78 is 26.7. The standard InChI is InChI=1S/C16H16Cl2N2O3S2/c1-19(25(22,23)16-7-6-14(18)24-16)10-15(21)20-8-2-3-11-9-12(17)4-5-13(11)20/h4-7,9H,2-3,8,10H2,1H3. The van der Waals surface area contributed by atoms with Gasteiger partial charge in [-0.05, 0) is 48.7 Å². The molecule has 1 aliphatic heterocycles. The van der Waals surface area contributed by atoms with E-state index < -0.39 is 10.0 Å². The topological polar surface area (TPSA) is 57.7 Å². The summed E-state index contributed by atoms with van der Waals surface area (Å²) in [5, 5.41) is 0.627. The number of carbonyl (C=O) groups is 1. The number of sulfonamides is 1. The third-order valence-corrected chi connectivity index (χ3v) is 7.77. The normalized spacial score (nSPS) is 14.6. The van der Waals surface area contributed by atoms with E-state index in [0.29, 0.717) is 15.9 Å². The van der Waals surface area contributed by atoms with Crippen LogP contribution >= 0.6 is 34.5 Å². The molecule has 0 saturated heterocycles. The number of carbonyl (C=O) groups excluding carboxylic acids is 1. The second-order valence-corrected chi connectivity index (χ2v) is 10.2. The van der Waals surface area contributed by atoms with Crippen LogP contribution in [0.3, 0.4) is 0 Å². The molecule has 9 heteroatoms. The maximum atomic E-state index is 12.7. The molecule has 134 valence electrons. The summed E-state index contributed by atoms with van der Waals surface area (Å²) in [4.78, 5) is 14.3. The SMILES string of the molecule is CN(CC(=O)N1CCCc2cc(Cl)ccc21)S(=O)(=O)c1ccc(Cl)s1. The van der Waals surface area contributed by atoms with Gasteiger partial charge in [0.1, 0.15) is 4.21 Å². The van der Waals surface area contributed by atoms with Crippen molar-refractivity contribution < 1.29 is 13.2 Å². The van der Waals surface area contributed by atoms with E-state index in [4.69, 9.17) is 23.2 Å². The lowest BCUT2D eigenvalue weighted by Crippen LogP contribution is -2.43. The van der Waals surface area contributed by atoms with E-state index in [2.05, 4.69) is 0 Å². The van der Waals surface area contributed by atoms with Gasteiger partial charge in [0, 0.05) is 24.3 Å². The molecule has 25 heavy (non-hydrogen) atoms. The van der Waals surface area contributed by atoms with Crippen molar-refractivity contribution in [2.24, 2.45) is 0 Å². The van der Waals surface area contributed by atoms with Gasteiger partial charge in [-0.15, -0.1) is 11.3 Å². The van der Waals surface area contributed by atoms with Crippen LogP contribution in [-0.2, 0) is 21.2 Å². The number of hydrogen-bond acceptors (Lipinski definition) is 4. The number of anilines is 1. The van der Waals surface area contributed by atoms with Gasteiger partial charge in [-0.2, -0.15) is 4.31 Å². The Hall–Kier alpha value is -1.12. The molecule has 0 unspecified atom stereocenters. The molecule has 0 saturated carbocycles. The molecule has 1 aromatic heterocycles. The molecule has 2 aromatic rings. The summed E-state index contributed by atoms with van der Waals surface area (Å²) in [6.45, 7) is 0.325. The molecular formula is C16H16Cl2N2O3S2. The maximum Gasteiger partial charge on any atom is 0.252 e. The van der Waals surface area contributed by atoms with Crippen LogP contribution in [0.4, 0.5) is 5.69 Å². The Kier molecular flexibility index (Phi) is 5.41. The second kappa shape index (κ2) is 7.25. The van der Waals surface area contributed by atoms with Crippen LogP contribution in [0.1, 0.15) is 12.0 Å². The van der Waals surface area contributed by atoms with Crippen molar-refractivity contribution in [1.82, 2.24) is 4.31 Å². The molecule has 0 N–H and O–H groups in total. The van der Waals surface area contributed by atoms with Crippen LogP contribution in [0.2, 0.25) is 9.36 Å². The highest BCUT2D eigenvalue weighted by Crippen LogP contribution is 2.31. The predicted molar refractivity (Wildman–Crippen MR) is 101 cm³/mol. The average molecular weight is 419 g/mol. The molecule has 0 atom stereocenters. The Labute approximate surface area is 160 Å². The minimum absolute atomic E-state index is 0.124. The molecule has 0 radical (unpaired) electrons. The van der Waals surface area contributed by atoms with Crippen LogP contribution in [0.15, 0.2) is 34.5 Å². The predicted octanol–water partition coefficient (Wildman–Crippen LogP) is 3.65. The van der Waals surface area contributed by atoms with Gasteiger partial charge >= 0.3 is 0 Å². The molecule has 3 rings (SSSR count). The first-order valence-corrected chi connectivity index (χ1v) is 10.6. The van der Waals surface area contributed by atoms with Crippen molar-refractivity contribution >= 4 is 56.2 Å². The first kappa shape index (κ1) is 18.7. The number of halogens is 2. The van der Waals surface area contributed by atoms with Gasteiger partial charge in [-0.1, -0.05) is 23.2 Å². The fourth-order valence-corrected chi connectivity index (χ4v) is 5.78. The Morgan fingerprint density at radius 3 is 2.72 bits per heavy atom. The lowest BCUT2D eigenvalue weighted by molar-refractivity contribution is -0.118. The van der Waals surface area contributed by atoms with Gasteiger partial charge in [0.25, 0.3) is 10.0 Å². The molecule has 5 nitrogen and oxygen atoms in total. The Morgan fingerprint density at radius 1 is 1.28 bits per heavy atom. The van der Waals surface area contributed by atoms with E-state index >= 15 is 0 Å². The molecule has 0 bridgehead atoms. The fourth-order valence-electron chi connectivity index (χ4n) is 2.78. The largest absolute Gasteiger partial charge is 0.311 e. The lowest BCUT2D eigenvalue weighted by Gasteiger charge is -2.30. The zero-order valence-electron chi connectivity index (χ0n) is 13.4. The summed E-state index contributed by atoms with van der Waals surface area (Å²) in [5.41, 5.74) is 1.80. The van der Waals surface area contributed by atoms with Crippen molar-refractivity contribution in [2.45, 2.75) is 17.1 Å². The summed E-state index contributed by atoms with van der Waals surface area (Å²) in [5.74, 6) is -0.267. The number of likely N-dealkylation sites (N-methyl/N-ethyl adjacent to an activating group) is 1. The molecule has 1 amide bonds. The van der Waals surface area contributed by atoms with Gasteiger partial charge in [0.05, 0.1) is 10.9 Å². The Balaban J connectivity index is 1.79. The van der Waals surface area contributed by atoms with Crippen molar-refractivity contribution in [3.05, 3.63) is 45.3 Å². The first-order chi connectivity index (χ1) is 11.8. The molecule has 0 spiro atoms. The Bertz CT molecular complexity index is 912. The number of fused-ring (bicyclic) bond motifs is 1. The zero-order chi connectivity index (χ0) is 18.2. The molecule has 0 aliphatic carbocycles. The lowest BCUT2D eigenvalue weighted by atomic mass is 10.0. The Morgan fingerprint density at radius 2 is 2.04 bits per heavy atom. The molecule has 1 aliphatic rings. The minimum Gasteiger partial charge on any atom is -0.311 e. The van der Waals surface area contributed by atoms with Crippen LogP contribution in [0.5, 0.6) is 0 Å². The third kappa shape index (κ3) is 3.85. The number of hydrogen-bond donors (Lipinski definition) is 0. The van der Waals surface area contributed by atoms with E-state index in [1.165, 1.54) is 19.2 Å². The highest BCUT2D eigenvalue weighted by atomic mass is 35.5. The third-order valence-electron chi connectivity index (χ3n) is 4.03. The van der Waals surface area contributed by atoms with Crippen molar-refractivity contribution in [1.29, 1.82) is 0 Å². The van der Waals surface area contributed by atoms with Crippen LogP contribution in [-0.4, -0.2) is 38.8 Å². The van der Waals surface area contributed by atoms with Gasteiger partial charge < -0.3 is 4.90 Å². The smallest absolute Gasteiger partial charge is 0.252 e. The van der Waals surface area contributed by atoms with Gasteiger partial charge in [0.15, 0.2) is 0 Å². The van der Waals surface area contributed by atoms with Crippen molar-refractivity contribution in [3.8, 4) is 0 Å². The van der Waals surface area contributed by atoms with E-state index in [9.17, 15) is 13.2 Å². The van der Waals surface area contributed by atoms with E-state index in [1.807, 2.05) is 12.1 Å². The highest BCUT2D eigenvalue weighted by Gasteiger charge is 2.29. The monoisotopic (exact) mass is 418 g/mol. The van der Waals surface area contributed by atoms with Crippen LogP contribution in [0, 0.1) is 0 Å². The van der Waals surface area contributed by atoms with Crippen molar-refractivity contribution in [2.75, 3.05) is 25.0 Å². The summed E-state index contributed by atoms with van der Waals surface area (Å²) in [6.07, 6.45) is 1.66. The van der Waals surface area contributed by atoms with E-state index in [1.54, 1.807) is 11.0 Å². The number of rotatable bonds is 4. The van der Waals surface area contributed by atoms with Gasteiger partial charge in [-0.3, -0.25) is 4.79 Å². The summed E-state index contributed by atoms with van der Waals surface area (Å²) in [6, 6.07) is 8.37. The first-order valence-electron chi connectivity index (χ1n) is 7.59.